The van der Waals surface area contributed by atoms with Crippen molar-refractivity contribution in [1.29, 1.82) is 0 Å². The van der Waals surface area contributed by atoms with Gasteiger partial charge in [-0.25, -0.2) is 4.79 Å². The SMILES string of the molecule is COC(=O)[C@@H](OCC[Si](C)(C)C)c1cccc(Cl)c1. The second-order valence-corrected chi connectivity index (χ2v) is 11.7. The zero-order chi connectivity index (χ0) is 14.5. The zero-order valence-corrected chi connectivity index (χ0v) is 13.7. The lowest BCUT2D eigenvalue weighted by atomic mass is 10.1. The molecule has 106 valence electrons. The van der Waals surface area contributed by atoms with Gasteiger partial charge in [0.2, 0.25) is 0 Å². The van der Waals surface area contributed by atoms with Gasteiger partial charge in [0, 0.05) is 19.7 Å². The minimum atomic E-state index is -1.18. The number of carbonyl (C=O) groups is 1. The van der Waals surface area contributed by atoms with E-state index in [0.717, 1.165) is 11.6 Å². The molecule has 0 radical (unpaired) electrons. The first kappa shape index (κ1) is 16.2. The third-order valence-electron chi connectivity index (χ3n) is 2.70. The normalized spacial score (nSPS) is 13.1. The molecule has 0 saturated heterocycles. The summed E-state index contributed by atoms with van der Waals surface area (Å²) in [5.74, 6) is -0.391. The van der Waals surface area contributed by atoms with E-state index in [0.29, 0.717) is 11.6 Å². The molecule has 19 heavy (non-hydrogen) atoms. The number of rotatable bonds is 6. The van der Waals surface area contributed by atoms with E-state index in [1.807, 2.05) is 6.07 Å². The Morgan fingerprint density at radius 3 is 2.58 bits per heavy atom. The quantitative estimate of drug-likeness (QED) is 0.590. The largest absolute Gasteiger partial charge is 0.467 e. The number of hydrogen-bond donors (Lipinski definition) is 0. The highest BCUT2D eigenvalue weighted by molar-refractivity contribution is 6.76. The Bertz CT molecular complexity index is 429. The summed E-state index contributed by atoms with van der Waals surface area (Å²) >= 11 is 5.94. The Labute approximate surface area is 120 Å². The van der Waals surface area contributed by atoms with Crippen LogP contribution in [0.25, 0.3) is 0 Å². The first-order valence-electron chi connectivity index (χ1n) is 6.28. The average Bonchev–Trinajstić information content (AvgIpc) is 2.32. The molecule has 0 spiro atoms. The van der Waals surface area contributed by atoms with E-state index >= 15 is 0 Å². The minimum Gasteiger partial charge on any atom is -0.467 e. The van der Waals surface area contributed by atoms with Crippen LogP contribution in [-0.2, 0) is 14.3 Å². The number of esters is 1. The fourth-order valence-corrected chi connectivity index (χ4v) is 2.49. The molecule has 0 amide bonds. The Kier molecular flexibility index (Phi) is 6.04. The fourth-order valence-electron chi connectivity index (χ4n) is 1.56. The Morgan fingerprint density at radius 2 is 2.05 bits per heavy atom. The number of halogens is 1. The number of hydrogen-bond acceptors (Lipinski definition) is 3. The molecule has 0 bridgehead atoms. The van der Waals surface area contributed by atoms with E-state index in [-0.39, 0.29) is 0 Å². The summed E-state index contributed by atoms with van der Waals surface area (Å²) in [6.45, 7) is 7.36. The van der Waals surface area contributed by atoms with Crippen LogP contribution in [0.5, 0.6) is 0 Å². The van der Waals surface area contributed by atoms with Crippen molar-refractivity contribution < 1.29 is 14.3 Å². The predicted octanol–water partition coefficient (Wildman–Crippen LogP) is 3.91. The van der Waals surface area contributed by atoms with Gasteiger partial charge in [0.25, 0.3) is 0 Å². The Morgan fingerprint density at radius 1 is 1.37 bits per heavy atom. The van der Waals surface area contributed by atoms with E-state index in [1.54, 1.807) is 18.2 Å². The molecule has 0 aromatic heterocycles. The number of ether oxygens (including phenoxy) is 2. The highest BCUT2D eigenvalue weighted by atomic mass is 35.5. The molecule has 5 heteroatoms. The van der Waals surface area contributed by atoms with Gasteiger partial charge in [-0.15, -0.1) is 0 Å². The van der Waals surface area contributed by atoms with Crippen molar-refractivity contribution in [3.63, 3.8) is 0 Å². The van der Waals surface area contributed by atoms with Crippen LogP contribution in [0.15, 0.2) is 24.3 Å². The van der Waals surface area contributed by atoms with Crippen molar-refractivity contribution in [1.82, 2.24) is 0 Å². The predicted molar refractivity (Wildman–Crippen MR) is 80.3 cm³/mol. The molecular weight excluding hydrogens is 280 g/mol. The maximum absolute atomic E-state index is 11.8. The van der Waals surface area contributed by atoms with Gasteiger partial charge in [-0.3, -0.25) is 0 Å². The molecule has 0 N–H and O–H groups in total. The van der Waals surface area contributed by atoms with E-state index in [1.165, 1.54) is 7.11 Å². The number of carbonyl (C=O) groups excluding carboxylic acids is 1. The summed E-state index contributed by atoms with van der Waals surface area (Å²) in [7, 11) is 0.179. The summed E-state index contributed by atoms with van der Waals surface area (Å²) in [5, 5.41) is 0.584. The summed E-state index contributed by atoms with van der Waals surface area (Å²) in [5.41, 5.74) is 0.731. The topological polar surface area (TPSA) is 35.5 Å². The second kappa shape index (κ2) is 7.08. The molecule has 3 nitrogen and oxygen atoms in total. The van der Waals surface area contributed by atoms with Gasteiger partial charge in [-0.1, -0.05) is 43.4 Å². The zero-order valence-electron chi connectivity index (χ0n) is 11.9. The Balaban J connectivity index is 2.76. The van der Waals surface area contributed by atoms with Gasteiger partial charge < -0.3 is 9.47 Å². The molecule has 1 aromatic rings. The number of benzene rings is 1. The maximum atomic E-state index is 11.8. The van der Waals surface area contributed by atoms with E-state index < -0.39 is 20.1 Å². The van der Waals surface area contributed by atoms with Crippen LogP contribution in [0.2, 0.25) is 30.7 Å². The standard InChI is InChI=1S/C14H21ClO3Si/c1-17-14(16)13(18-8-9-19(2,3)4)11-6-5-7-12(15)10-11/h5-7,10,13H,8-9H2,1-4H3/t13-/m0/s1. The smallest absolute Gasteiger partial charge is 0.339 e. The van der Waals surface area contributed by atoms with E-state index in [4.69, 9.17) is 21.1 Å². The van der Waals surface area contributed by atoms with Gasteiger partial charge in [-0.2, -0.15) is 0 Å². The molecule has 0 aliphatic rings. The lowest BCUT2D eigenvalue weighted by molar-refractivity contribution is -0.154. The summed E-state index contributed by atoms with van der Waals surface area (Å²) in [6, 6.07) is 8.12. The first-order chi connectivity index (χ1) is 8.83. The van der Waals surface area contributed by atoms with Gasteiger partial charge in [0.05, 0.1) is 7.11 Å². The summed E-state index contributed by atoms with van der Waals surface area (Å²) < 4.78 is 10.5. The van der Waals surface area contributed by atoms with Crippen molar-refractivity contribution in [3.05, 3.63) is 34.9 Å². The van der Waals surface area contributed by atoms with Crippen LogP contribution in [0, 0.1) is 0 Å². The van der Waals surface area contributed by atoms with Crippen molar-refractivity contribution in [2.45, 2.75) is 31.8 Å². The van der Waals surface area contributed by atoms with Crippen molar-refractivity contribution in [2.75, 3.05) is 13.7 Å². The highest BCUT2D eigenvalue weighted by Crippen LogP contribution is 2.23. The molecule has 1 rings (SSSR count). The van der Waals surface area contributed by atoms with E-state index in [9.17, 15) is 4.79 Å². The molecule has 1 atom stereocenters. The van der Waals surface area contributed by atoms with Crippen LogP contribution in [0.3, 0.4) is 0 Å². The lowest BCUT2D eigenvalue weighted by Gasteiger charge is -2.20. The van der Waals surface area contributed by atoms with Crippen molar-refractivity contribution >= 4 is 25.6 Å². The van der Waals surface area contributed by atoms with Crippen LogP contribution in [0.1, 0.15) is 11.7 Å². The van der Waals surface area contributed by atoms with Gasteiger partial charge in [0.15, 0.2) is 6.10 Å². The highest BCUT2D eigenvalue weighted by Gasteiger charge is 2.23. The van der Waals surface area contributed by atoms with Crippen LogP contribution >= 0.6 is 11.6 Å². The van der Waals surface area contributed by atoms with Gasteiger partial charge in [0.1, 0.15) is 0 Å². The molecular formula is C14H21ClO3Si. The molecule has 0 unspecified atom stereocenters. The van der Waals surface area contributed by atoms with Gasteiger partial charge in [-0.05, 0) is 23.7 Å². The number of methoxy groups -OCH3 is 1. The maximum Gasteiger partial charge on any atom is 0.339 e. The molecule has 1 aromatic carbocycles. The molecule has 0 aliphatic carbocycles. The second-order valence-electron chi connectivity index (χ2n) is 5.64. The van der Waals surface area contributed by atoms with Crippen molar-refractivity contribution in [3.8, 4) is 0 Å². The summed E-state index contributed by atoms with van der Waals surface area (Å²) in [6.07, 6.45) is -0.694. The lowest BCUT2D eigenvalue weighted by Crippen LogP contribution is -2.24. The van der Waals surface area contributed by atoms with Crippen LogP contribution < -0.4 is 0 Å². The fraction of sp³-hybridized carbons (Fsp3) is 0.500. The average molecular weight is 301 g/mol. The van der Waals surface area contributed by atoms with Gasteiger partial charge >= 0.3 is 5.97 Å². The summed E-state index contributed by atoms with van der Waals surface area (Å²) in [4.78, 5) is 11.8. The van der Waals surface area contributed by atoms with E-state index in [2.05, 4.69) is 19.6 Å². The molecule has 0 fully saturated rings. The molecule has 0 saturated carbocycles. The molecule has 0 aliphatic heterocycles. The Hall–Kier alpha value is -0.843. The van der Waals surface area contributed by atoms with Crippen LogP contribution in [0.4, 0.5) is 0 Å². The third-order valence-corrected chi connectivity index (χ3v) is 4.64. The molecule has 0 heterocycles. The van der Waals surface area contributed by atoms with Crippen molar-refractivity contribution in [2.24, 2.45) is 0 Å². The first-order valence-corrected chi connectivity index (χ1v) is 10.4. The van der Waals surface area contributed by atoms with Crippen LogP contribution in [-0.4, -0.2) is 27.8 Å². The minimum absolute atomic E-state index is 0.391. The monoisotopic (exact) mass is 300 g/mol. The third kappa shape index (κ3) is 5.76.